The van der Waals surface area contributed by atoms with Crippen LogP contribution < -0.4 is 0 Å². The Hall–Kier alpha value is -1.05. The zero-order valence-electron chi connectivity index (χ0n) is 8.18. The first kappa shape index (κ1) is 11.0. The predicted molar refractivity (Wildman–Crippen MR) is 49.8 cm³/mol. The van der Waals surface area contributed by atoms with Gasteiger partial charge in [-0.3, -0.25) is 0 Å². The van der Waals surface area contributed by atoms with E-state index in [1.54, 1.807) is 0 Å². The molecule has 0 spiro atoms. The predicted octanol–water partition coefficient (Wildman–Crippen LogP) is 2.46. The van der Waals surface area contributed by atoms with Gasteiger partial charge < -0.3 is 4.74 Å². The highest BCUT2D eigenvalue weighted by atomic mass is 16.5. The van der Waals surface area contributed by atoms with Crippen molar-refractivity contribution in [3.05, 3.63) is 23.3 Å². The van der Waals surface area contributed by atoms with Crippen LogP contribution in [0.15, 0.2) is 23.3 Å². The average Bonchev–Trinajstić information content (AvgIpc) is 1.99. The molecule has 0 fully saturated rings. The van der Waals surface area contributed by atoms with Crippen molar-refractivity contribution in [2.45, 2.75) is 27.7 Å². The molecule has 0 aromatic carbocycles. The van der Waals surface area contributed by atoms with E-state index in [0.29, 0.717) is 6.61 Å². The van der Waals surface area contributed by atoms with Gasteiger partial charge >= 0.3 is 5.97 Å². The van der Waals surface area contributed by atoms with Gasteiger partial charge in [-0.2, -0.15) is 0 Å². The zero-order chi connectivity index (χ0) is 9.56. The van der Waals surface area contributed by atoms with E-state index in [1.165, 1.54) is 6.08 Å². The second kappa shape index (κ2) is 5.58. The van der Waals surface area contributed by atoms with Gasteiger partial charge in [0.2, 0.25) is 0 Å². The van der Waals surface area contributed by atoms with Crippen molar-refractivity contribution in [3.8, 4) is 0 Å². The molecule has 0 radical (unpaired) electrons. The highest BCUT2D eigenvalue weighted by Crippen LogP contribution is 1.95. The van der Waals surface area contributed by atoms with E-state index in [4.69, 9.17) is 4.74 Å². The molecule has 0 N–H and O–H groups in total. The van der Waals surface area contributed by atoms with Crippen LogP contribution in [0.3, 0.4) is 0 Å². The lowest BCUT2D eigenvalue weighted by Crippen LogP contribution is -2.03. The van der Waals surface area contributed by atoms with Crippen molar-refractivity contribution in [2.75, 3.05) is 6.61 Å². The van der Waals surface area contributed by atoms with E-state index >= 15 is 0 Å². The molecule has 0 aliphatic heterocycles. The number of hydrogen-bond donors (Lipinski definition) is 0. The van der Waals surface area contributed by atoms with Crippen LogP contribution in [-0.2, 0) is 9.53 Å². The zero-order valence-corrected chi connectivity index (χ0v) is 8.18. The molecule has 68 valence electrons. The Morgan fingerprint density at radius 3 is 2.33 bits per heavy atom. The first-order chi connectivity index (χ1) is 5.56. The summed E-state index contributed by atoms with van der Waals surface area (Å²) in [5.74, 6) is -0.267. The molecule has 12 heavy (non-hydrogen) atoms. The summed E-state index contributed by atoms with van der Waals surface area (Å²) in [7, 11) is 0. The summed E-state index contributed by atoms with van der Waals surface area (Å²) in [6.07, 6.45) is 3.42. The molecular weight excluding hydrogens is 152 g/mol. The molecular formula is C10H16O2. The maximum atomic E-state index is 10.9. The molecule has 0 heterocycles. The van der Waals surface area contributed by atoms with Crippen LogP contribution in [0.2, 0.25) is 0 Å². The lowest BCUT2D eigenvalue weighted by Gasteiger charge is -2.01. The van der Waals surface area contributed by atoms with Crippen molar-refractivity contribution >= 4 is 5.97 Å². The van der Waals surface area contributed by atoms with Crippen LogP contribution in [0.1, 0.15) is 27.7 Å². The molecule has 0 aliphatic rings. The maximum absolute atomic E-state index is 10.9. The second-order valence-electron chi connectivity index (χ2n) is 2.96. The summed E-state index contributed by atoms with van der Waals surface area (Å²) in [5.41, 5.74) is 2.02. The minimum absolute atomic E-state index is 0.267. The van der Waals surface area contributed by atoms with Crippen LogP contribution in [-0.4, -0.2) is 12.6 Å². The van der Waals surface area contributed by atoms with Gasteiger partial charge in [-0.25, -0.2) is 4.79 Å². The first-order valence-electron chi connectivity index (χ1n) is 3.99. The molecule has 2 nitrogen and oxygen atoms in total. The molecule has 0 aromatic heterocycles. The van der Waals surface area contributed by atoms with Crippen molar-refractivity contribution in [1.82, 2.24) is 0 Å². The minimum Gasteiger partial charge on any atom is -0.458 e. The van der Waals surface area contributed by atoms with E-state index in [-0.39, 0.29) is 5.97 Å². The highest BCUT2D eigenvalue weighted by Gasteiger charge is 1.96. The van der Waals surface area contributed by atoms with Crippen molar-refractivity contribution in [1.29, 1.82) is 0 Å². The van der Waals surface area contributed by atoms with Crippen LogP contribution >= 0.6 is 0 Å². The third kappa shape index (κ3) is 5.71. The first-order valence-corrected chi connectivity index (χ1v) is 3.99. The number of carbonyl (C=O) groups is 1. The Kier molecular flexibility index (Phi) is 5.09. The molecule has 0 aromatic rings. The molecule has 0 amide bonds. The Morgan fingerprint density at radius 2 is 1.92 bits per heavy atom. The SMILES string of the molecule is C/C=C(\C)COC(=O)C=C(C)C. The Bertz CT molecular complexity index is 208. The van der Waals surface area contributed by atoms with Crippen LogP contribution in [0.4, 0.5) is 0 Å². The molecule has 0 rings (SSSR count). The Balaban J connectivity index is 3.81. The molecule has 2 heteroatoms. The number of allylic oxidation sites excluding steroid dienone is 2. The molecule has 0 atom stereocenters. The summed E-state index contributed by atoms with van der Waals surface area (Å²) in [6.45, 7) is 7.96. The number of hydrogen-bond acceptors (Lipinski definition) is 2. The summed E-state index contributed by atoms with van der Waals surface area (Å²) in [4.78, 5) is 10.9. The second-order valence-corrected chi connectivity index (χ2v) is 2.96. The maximum Gasteiger partial charge on any atom is 0.330 e. The fourth-order valence-corrected chi connectivity index (χ4v) is 0.546. The van der Waals surface area contributed by atoms with Gasteiger partial charge in [0, 0.05) is 6.08 Å². The lowest BCUT2D eigenvalue weighted by molar-refractivity contribution is -0.136. The van der Waals surface area contributed by atoms with Gasteiger partial charge in [0.15, 0.2) is 0 Å². The van der Waals surface area contributed by atoms with Gasteiger partial charge in [0.1, 0.15) is 6.61 Å². The average molecular weight is 168 g/mol. The van der Waals surface area contributed by atoms with Gasteiger partial charge in [-0.05, 0) is 33.3 Å². The van der Waals surface area contributed by atoms with E-state index in [2.05, 4.69) is 0 Å². The van der Waals surface area contributed by atoms with Crippen LogP contribution in [0, 0.1) is 0 Å². The number of rotatable bonds is 3. The molecule has 0 bridgehead atoms. The quantitative estimate of drug-likeness (QED) is 0.367. The molecule has 0 saturated carbocycles. The number of carbonyl (C=O) groups excluding carboxylic acids is 1. The molecule has 0 unspecified atom stereocenters. The topological polar surface area (TPSA) is 26.3 Å². The number of ether oxygens (including phenoxy) is 1. The standard InChI is InChI=1S/C10H16O2/c1-5-9(4)7-12-10(11)6-8(2)3/h5-6H,7H2,1-4H3/b9-5+. The van der Waals surface area contributed by atoms with Gasteiger partial charge in [0.25, 0.3) is 0 Å². The third-order valence-electron chi connectivity index (χ3n) is 1.34. The molecule has 0 aliphatic carbocycles. The smallest absolute Gasteiger partial charge is 0.330 e. The number of esters is 1. The van der Waals surface area contributed by atoms with Crippen LogP contribution in [0.25, 0.3) is 0 Å². The fourth-order valence-electron chi connectivity index (χ4n) is 0.546. The molecule has 0 saturated heterocycles. The fraction of sp³-hybridized carbons (Fsp3) is 0.500. The van der Waals surface area contributed by atoms with E-state index in [9.17, 15) is 4.79 Å². The summed E-state index contributed by atoms with van der Waals surface area (Å²) in [5, 5.41) is 0. The van der Waals surface area contributed by atoms with E-state index in [1.807, 2.05) is 33.8 Å². The summed E-state index contributed by atoms with van der Waals surface area (Å²) in [6, 6.07) is 0. The minimum atomic E-state index is -0.267. The Labute approximate surface area is 73.9 Å². The summed E-state index contributed by atoms with van der Waals surface area (Å²) < 4.78 is 4.92. The van der Waals surface area contributed by atoms with Crippen LogP contribution in [0.5, 0.6) is 0 Å². The largest absolute Gasteiger partial charge is 0.458 e. The highest BCUT2D eigenvalue weighted by molar-refractivity contribution is 5.82. The van der Waals surface area contributed by atoms with E-state index in [0.717, 1.165) is 11.1 Å². The monoisotopic (exact) mass is 168 g/mol. The van der Waals surface area contributed by atoms with Crippen molar-refractivity contribution < 1.29 is 9.53 Å². The van der Waals surface area contributed by atoms with Crippen molar-refractivity contribution in [3.63, 3.8) is 0 Å². The van der Waals surface area contributed by atoms with Gasteiger partial charge in [-0.15, -0.1) is 0 Å². The summed E-state index contributed by atoms with van der Waals surface area (Å²) >= 11 is 0. The normalized spacial score (nSPS) is 10.8. The van der Waals surface area contributed by atoms with E-state index < -0.39 is 0 Å². The third-order valence-corrected chi connectivity index (χ3v) is 1.34. The van der Waals surface area contributed by atoms with Crippen molar-refractivity contribution in [2.24, 2.45) is 0 Å². The van der Waals surface area contributed by atoms with Gasteiger partial charge in [0.05, 0.1) is 0 Å². The lowest BCUT2D eigenvalue weighted by atomic mass is 10.3. The van der Waals surface area contributed by atoms with Gasteiger partial charge in [-0.1, -0.05) is 11.6 Å². The Morgan fingerprint density at radius 1 is 1.33 bits per heavy atom.